The Bertz CT molecular complexity index is 187. The van der Waals surface area contributed by atoms with Crippen LogP contribution in [0.2, 0.25) is 0 Å². The Morgan fingerprint density at radius 1 is 1.71 bits per heavy atom. The summed E-state index contributed by atoms with van der Waals surface area (Å²) < 4.78 is 0. The third kappa shape index (κ3) is 7.58. The SMILES string of the molecule is CC(=O)O.CCCC1CCNC(=N)C1. The van der Waals surface area contributed by atoms with Crippen LogP contribution in [-0.4, -0.2) is 23.5 Å². The van der Waals surface area contributed by atoms with Gasteiger partial charge in [-0.15, -0.1) is 0 Å². The van der Waals surface area contributed by atoms with Crippen molar-refractivity contribution in [2.24, 2.45) is 5.92 Å². The topological polar surface area (TPSA) is 73.2 Å². The minimum atomic E-state index is -0.833. The molecule has 1 saturated heterocycles. The summed E-state index contributed by atoms with van der Waals surface area (Å²) in [6.07, 6.45) is 4.80. The molecule has 4 heteroatoms. The first kappa shape index (κ1) is 12.9. The number of nitrogens with one attached hydrogen (secondary N) is 2. The highest BCUT2D eigenvalue weighted by molar-refractivity contribution is 5.79. The first-order chi connectivity index (χ1) is 6.56. The van der Waals surface area contributed by atoms with Crippen molar-refractivity contribution >= 4 is 11.8 Å². The van der Waals surface area contributed by atoms with Crippen LogP contribution >= 0.6 is 0 Å². The second-order valence-electron chi connectivity index (χ2n) is 3.57. The van der Waals surface area contributed by atoms with Crippen LogP contribution in [0.15, 0.2) is 0 Å². The van der Waals surface area contributed by atoms with Crippen molar-refractivity contribution in [3.05, 3.63) is 0 Å². The van der Waals surface area contributed by atoms with Crippen molar-refractivity contribution in [2.45, 2.75) is 39.5 Å². The zero-order valence-corrected chi connectivity index (χ0v) is 8.97. The van der Waals surface area contributed by atoms with E-state index >= 15 is 0 Å². The third-order valence-electron chi connectivity index (χ3n) is 2.08. The van der Waals surface area contributed by atoms with Crippen molar-refractivity contribution < 1.29 is 9.90 Å². The van der Waals surface area contributed by atoms with E-state index in [-0.39, 0.29) is 0 Å². The Hall–Kier alpha value is -1.06. The smallest absolute Gasteiger partial charge is 0.300 e. The highest BCUT2D eigenvalue weighted by Crippen LogP contribution is 2.17. The van der Waals surface area contributed by atoms with Crippen LogP contribution < -0.4 is 5.32 Å². The number of piperidine rings is 1. The maximum absolute atomic E-state index is 9.00. The Morgan fingerprint density at radius 2 is 2.29 bits per heavy atom. The van der Waals surface area contributed by atoms with E-state index < -0.39 is 5.97 Å². The molecule has 0 bridgehead atoms. The van der Waals surface area contributed by atoms with Gasteiger partial charge in [0.1, 0.15) is 0 Å². The zero-order chi connectivity index (χ0) is 11.0. The fourth-order valence-corrected chi connectivity index (χ4v) is 1.54. The molecule has 82 valence electrons. The number of hydrogen-bond acceptors (Lipinski definition) is 2. The highest BCUT2D eigenvalue weighted by Gasteiger charge is 2.14. The molecule has 3 N–H and O–H groups in total. The van der Waals surface area contributed by atoms with Crippen LogP contribution in [0.5, 0.6) is 0 Å². The summed E-state index contributed by atoms with van der Waals surface area (Å²) in [5, 5.41) is 17.9. The summed E-state index contributed by atoms with van der Waals surface area (Å²) in [6.45, 7) is 4.31. The second-order valence-corrected chi connectivity index (χ2v) is 3.57. The average Bonchev–Trinajstić information content (AvgIpc) is 2.03. The molecule has 0 spiro atoms. The molecule has 0 saturated carbocycles. The molecule has 1 rings (SSSR count). The lowest BCUT2D eigenvalue weighted by molar-refractivity contribution is -0.134. The second kappa shape index (κ2) is 7.35. The number of carboxylic acid groups (broad SMARTS) is 1. The summed E-state index contributed by atoms with van der Waals surface area (Å²) in [7, 11) is 0. The van der Waals surface area contributed by atoms with Crippen LogP contribution in [0.3, 0.4) is 0 Å². The van der Waals surface area contributed by atoms with Gasteiger partial charge in [-0.3, -0.25) is 10.2 Å². The Morgan fingerprint density at radius 3 is 2.71 bits per heavy atom. The molecule has 14 heavy (non-hydrogen) atoms. The molecule has 4 nitrogen and oxygen atoms in total. The van der Waals surface area contributed by atoms with Gasteiger partial charge in [-0.25, -0.2) is 0 Å². The van der Waals surface area contributed by atoms with Crippen molar-refractivity contribution in [1.82, 2.24) is 5.32 Å². The quantitative estimate of drug-likeness (QED) is 0.637. The first-order valence-electron chi connectivity index (χ1n) is 5.07. The van der Waals surface area contributed by atoms with E-state index in [9.17, 15) is 0 Å². The maximum atomic E-state index is 9.00. The van der Waals surface area contributed by atoms with Crippen LogP contribution in [0.1, 0.15) is 39.5 Å². The van der Waals surface area contributed by atoms with E-state index in [0.717, 1.165) is 31.6 Å². The van der Waals surface area contributed by atoms with Crippen molar-refractivity contribution in [3.63, 3.8) is 0 Å². The highest BCUT2D eigenvalue weighted by atomic mass is 16.4. The van der Waals surface area contributed by atoms with Gasteiger partial charge >= 0.3 is 0 Å². The van der Waals surface area contributed by atoms with Gasteiger partial charge in [0, 0.05) is 19.9 Å². The number of amidine groups is 1. The molecule has 0 aromatic rings. The lowest BCUT2D eigenvalue weighted by Gasteiger charge is -2.23. The number of hydrogen-bond donors (Lipinski definition) is 3. The molecule has 1 unspecified atom stereocenters. The molecule has 0 aromatic heterocycles. The van der Waals surface area contributed by atoms with E-state index in [1.165, 1.54) is 19.3 Å². The van der Waals surface area contributed by atoms with E-state index in [1.807, 2.05) is 0 Å². The van der Waals surface area contributed by atoms with Crippen LogP contribution in [0.25, 0.3) is 0 Å². The molecule has 0 radical (unpaired) electrons. The molecule has 1 atom stereocenters. The van der Waals surface area contributed by atoms with Gasteiger partial charge in [-0.05, 0) is 12.3 Å². The van der Waals surface area contributed by atoms with Crippen LogP contribution in [0, 0.1) is 11.3 Å². The normalized spacial score (nSPS) is 20.4. The summed E-state index contributed by atoms with van der Waals surface area (Å²) in [5.41, 5.74) is 0. The lowest BCUT2D eigenvalue weighted by Crippen LogP contribution is -2.32. The van der Waals surface area contributed by atoms with Gasteiger partial charge in [-0.2, -0.15) is 0 Å². The van der Waals surface area contributed by atoms with E-state index in [4.69, 9.17) is 15.3 Å². The van der Waals surface area contributed by atoms with Crippen LogP contribution in [0.4, 0.5) is 0 Å². The first-order valence-corrected chi connectivity index (χ1v) is 5.07. The molecule has 1 heterocycles. The number of carboxylic acids is 1. The van der Waals surface area contributed by atoms with Crippen molar-refractivity contribution in [2.75, 3.05) is 6.54 Å². The maximum Gasteiger partial charge on any atom is 0.300 e. The van der Waals surface area contributed by atoms with E-state index in [0.29, 0.717) is 0 Å². The summed E-state index contributed by atoms with van der Waals surface area (Å²) in [4.78, 5) is 9.00. The van der Waals surface area contributed by atoms with Crippen molar-refractivity contribution in [3.8, 4) is 0 Å². The molecular formula is C10H20N2O2. The number of rotatable bonds is 2. The molecular weight excluding hydrogens is 180 g/mol. The summed E-state index contributed by atoms with van der Waals surface area (Å²) >= 11 is 0. The molecule has 1 aliphatic heterocycles. The Labute approximate surface area is 85.2 Å². The predicted octanol–water partition coefficient (Wildman–Crippen LogP) is 1.85. The van der Waals surface area contributed by atoms with Gasteiger partial charge in [0.25, 0.3) is 5.97 Å². The van der Waals surface area contributed by atoms with Crippen LogP contribution in [-0.2, 0) is 4.79 Å². The lowest BCUT2D eigenvalue weighted by atomic mass is 9.93. The van der Waals surface area contributed by atoms with Gasteiger partial charge in [0.15, 0.2) is 0 Å². The predicted molar refractivity (Wildman–Crippen MR) is 56.7 cm³/mol. The Kier molecular flexibility index (Phi) is 6.80. The fourth-order valence-electron chi connectivity index (χ4n) is 1.54. The zero-order valence-electron chi connectivity index (χ0n) is 8.97. The minimum absolute atomic E-state index is 0.740. The molecule has 1 aliphatic rings. The van der Waals surface area contributed by atoms with E-state index in [2.05, 4.69) is 12.2 Å². The molecule has 0 amide bonds. The van der Waals surface area contributed by atoms with Gasteiger partial charge in [-0.1, -0.05) is 19.8 Å². The van der Waals surface area contributed by atoms with Gasteiger partial charge < -0.3 is 10.4 Å². The summed E-state index contributed by atoms with van der Waals surface area (Å²) in [5.74, 6) is 0.698. The van der Waals surface area contributed by atoms with Crippen molar-refractivity contribution in [1.29, 1.82) is 5.41 Å². The molecule has 0 aliphatic carbocycles. The standard InChI is InChI=1S/C8H16N2.C2H4O2/c1-2-3-7-4-5-10-8(9)6-7;1-2(3)4/h7H,2-6H2,1H3,(H2,9,10);1H3,(H,3,4). The third-order valence-corrected chi connectivity index (χ3v) is 2.08. The fraction of sp³-hybridized carbons (Fsp3) is 0.800. The Balaban J connectivity index is 0.000000364. The van der Waals surface area contributed by atoms with Gasteiger partial charge in [0.2, 0.25) is 0 Å². The molecule has 1 fully saturated rings. The average molecular weight is 200 g/mol. The summed E-state index contributed by atoms with van der Waals surface area (Å²) in [6, 6.07) is 0. The number of carbonyl (C=O) groups is 1. The van der Waals surface area contributed by atoms with E-state index in [1.54, 1.807) is 0 Å². The largest absolute Gasteiger partial charge is 0.481 e. The van der Waals surface area contributed by atoms with Gasteiger partial charge in [0.05, 0.1) is 5.84 Å². The molecule has 0 aromatic carbocycles. The monoisotopic (exact) mass is 200 g/mol. The number of aliphatic carboxylic acids is 1. The minimum Gasteiger partial charge on any atom is -0.481 e.